The maximum Gasteiger partial charge on any atom is 0.246 e. The van der Waals surface area contributed by atoms with Gasteiger partial charge >= 0.3 is 0 Å². The number of hydrogen-bond donors (Lipinski definition) is 3. The lowest BCUT2D eigenvalue weighted by Gasteiger charge is -2.05. The number of nitrogens with one attached hydrogen (secondary N) is 2. The number of aliphatic imine (C=N–C) groups is 1. The summed E-state index contributed by atoms with van der Waals surface area (Å²) in [5, 5.41) is 7.78. The number of thiophene rings is 1. The molecule has 5 nitrogen and oxygen atoms in total. The Morgan fingerprint density at radius 3 is 2.64 bits per heavy atom. The molecule has 0 saturated carbocycles. The number of anilines is 1. The second-order valence-electron chi connectivity index (χ2n) is 4.37. The van der Waals surface area contributed by atoms with Gasteiger partial charge in [-0.05, 0) is 30.0 Å². The fourth-order valence-electron chi connectivity index (χ4n) is 1.70. The number of benzene rings is 1. The van der Waals surface area contributed by atoms with Crippen LogP contribution in [0.4, 0.5) is 5.69 Å². The summed E-state index contributed by atoms with van der Waals surface area (Å²) in [6.45, 7) is 0.711. The smallest absolute Gasteiger partial charge is 0.246 e. The molecule has 4 N–H and O–H groups in total. The number of carbonyl (C=O) groups excluding carboxylic acids is 1. The predicted molar refractivity (Wildman–Crippen MR) is 103 cm³/mol. The first-order chi connectivity index (χ1) is 10.2. The Bertz CT molecular complexity index is 587. The van der Waals surface area contributed by atoms with E-state index < -0.39 is 0 Å². The van der Waals surface area contributed by atoms with E-state index in [1.54, 1.807) is 11.3 Å². The molecule has 0 atom stereocenters. The summed E-state index contributed by atoms with van der Waals surface area (Å²) in [4.78, 5) is 17.0. The minimum Gasteiger partial charge on any atom is -0.370 e. The fraction of sp³-hybridized carbons (Fsp3) is 0.200. The Balaban J connectivity index is 0.00000242. The number of nitrogens with zero attached hydrogens (tertiary/aromatic N) is 1. The number of hydrogen-bond acceptors (Lipinski definition) is 3. The summed E-state index contributed by atoms with van der Waals surface area (Å²) in [6, 6.07) is 13.4. The number of nitrogens with two attached hydrogens (primary N) is 1. The van der Waals surface area contributed by atoms with Crippen molar-refractivity contribution in [2.24, 2.45) is 10.7 Å². The summed E-state index contributed by atoms with van der Waals surface area (Å²) >= 11 is 1.71. The molecular weight excluding hydrogens is 411 g/mol. The molecule has 0 radical (unpaired) electrons. The summed E-state index contributed by atoms with van der Waals surface area (Å²) in [7, 11) is 0. The zero-order valence-corrected chi connectivity index (χ0v) is 15.1. The van der Waals surface area contributed by atoms with Gasteiger partial charge in [0.1, 0.15) is 6.54 Å². The van der Waals surface area contributed by atoms with E-state index in [1.807, 2.05) is 41.8 Å². The monoisotopic (exact) mass is 430 g/mol. The van der Waals surface area contributed by atoms with Gasteiger partial charge in [-0.2, -0.15) is 0 Å². The molecule has 7 heteroatoms. The molecule has 0 spiro atoms. The quantitative estimate of drug-likeness (QED) is 0.374. The van der Waals surface area contributed by atoms with Crippen molar-refractivity contribution in [2.45, 2.75) is 6.42 Å². The minimum absolute atomic E-state index is 0. The van der Waals surface area contributed by atoms with Crippen LogP contribution in [0.3, 0.4) is 0 Å². The zero-order valence-electron chi connectivity index (χ0n) is 12.0. The van der Waals surface area contributed by atoms with Gasteiger partial charge in [0.2, 0.25) is 5.91 Å². The van der Waals surface area contributed by atoms with Crippen LogP contribution in [0.15, 0.2) is 52.8 Å². The minimum atomic E-state index is -0.191. The zero-order chi connectivity index (χ0) is 14.9. The summed E-state index contributed by atoms with van der Waals surface area (Å²) in [5.74, 6) is 0.0963. The highest BCUT2D eigenvalue weighted by atomic mass is 127. The molecule has 0 bridgehead atoms. The molecule has 1 heterocycles. The Hall–Kier alpha value is -1.61. The second-order valence-corrected chi connectivity index (χ2v) is 5.40. The molecule has 118 valence electrons. The highest BCUT2D eigenvalue weighted by molar-refractivity contribution is 14.0. The topological polar surface area (TPSA) is 79.5 Å². The molecule has 1 aromatic heterocycles. The summed E-state index contributed by atoms with van der Waals surface area (Å²) in [5.41, 5.74) is 6.47. The van der Waals surface area contributed by atoms with E-state index in [1.165, 1.54) is 4.88 Å². The fourth-order valence-corrected chi connectivity index (χ4v) is 2.41. The van der Waals surface area contributed by atoms with Crippen LogP contribution in [-0.2, 0) is 11.2 Å². The van der Waals surface area contributed by atoms with E-state index in [9.17, 15) is 4.79 Å². The van der Waals surface area contributed by atoms with Crippen LogP contribution in [0.2, 0.25) is 0 Å². The average Bonchev–Trinajstić information content (AvgIpc) is 2.99. The number of amides is 1. The lowest BCUT2D eigenvalue weighted by atomic mass is 10.3. The third-order valence-corrected chi connectivity index (χ3v) is 3.64. The first-order valence-corrected chi connectivity index (χ1v) is 7.53. The van der Waals surface area contributed by atoms with Crippen LogP contribution < -0.4 is 16.4 Å². The van der Waals surface area contributed by atoms with E-state index in [4.69, 9.17) is 5.73 Å². The maximum absolute atomic E-state index is 11.7. The molecule has 2 rings (SSSR count). The van der Waals surface area contributed by atoms with Crippen molar-refractivity contribution >= 4 is 52.9 Å². The van der Waals surface area contributed by atoms with E-state index in [0.29, 0.717) is 6.54 Å². The third kappa shape index (κ3) is 6.90. The van der Waals surface area contributed by atoms with Crippen molar-refractivity contribution in [3.8, 4) is 0 Å². The number of para-hydroxylation sites is 1. The van der Waals surface area contributed by atoms with Crippen molar-refractivity contribution in [3.63, 3.8) is 0 Å². The summed E-state index contributed by atoms with van der Waals surface area (Å²) in [6.07, 6.45) is 0.893. The average molecular weight is 430 g/mol. The van der Waals surface area contributed by atoms with Crippen molar-refractivity contribution in [3.05, 3.63) is 52.7 Å². The third-order valence-electron chi connectivity index (χ3n) is 2.71. The van der Waals surface area contributed by atoms with Crippen LogP contribution in [0.25, 0.3) is 0 Å². The first-order valence-electron chi connectivity index (χ1n) is 6.65. The Morgan fingerprint density at radius 1 is 1.18 bits per heavy atom. The molecule has 0 aliphatic heterocycles. The number of guanidine groups is 1. The van der Waals surface area contributed by atoms with Crippen molar-refractivity contribution in [1.29, 1.82) is 0 Å². The first kappa shape index (κ1) is 18.4. The highest BCUT2D eigenvalue weighted by Crippen LogP contribution is 2.08. The van der Waals surface area contributed by atoms with Crippen LogP contribution in [0.5, 0.6) is 0 Å². The van der Waals surface area contributed by atoms with Gasteiger partial charge in [0.15, 0.2) is 5.96 Å². The van der Waals surface area contributed by atoms with Crippen LogP contribution in [-0.4, -0.2) is 25.0 Å². The van der Waals surface area contributed by atoms with Gasteiger partial charge < -0.3 is 16.4 Å². The van der Waals surface area contributed by atoms with E-state index in [-0.39, 0.29) is 42.4 Å². The van der Waals surface area contributed by atoms with E-state index in [0.717, 1.165) is 12.1 Å². The van der Waals surface area contributed by atoms with E-state index >= 15 is 0 Å². The molecule has 2 aromatic rings. The molecular formula is C15H19IN4OS. The van der Waals surface area contributed by atoms with Crippen LogP contribution >= 0.6 is 35.3 Å². The molecule has 0 fully saturated rings. The van der Waals surface area contributed by atoms with Gasteiger partial charge in [0, 0.05) is 17.1 Å². The van der Waals surface area contributed by atoms with Gasteiger partial charge in [0.25, 0.3) is 0 Å². The van der Waals surface area contributed by atoms with Crippen molar-refractivity contribution < 1.29 is 4.79 Å². The number of halogens is 1. The second kappa shape index (κ2) is 10.2. The molecule has 0 aliphatic rings. The molecule has 1 amide bonds. The van der Waals surface area contributed by atoms with Crippen molar-refractivity contribution in [2.75, 3.05) is 18.4 Å². The Kier molecular flexibility index (Phi) is 8.53. The Labute approximate surface area is 151 Å². The lowest BCUT2D eigenvalue weighted by Crippen LogP contribution is -2.34. The Morgan fingerprint density at radius 2 is 1.95 bits per heavy atom. The highest BCUT2D eigenvalue weighted by Gasteiger charge is 2.01. The number of carbonyl (C=O) groups is 1. The van der Waals surface area contributed by atoms with Crippen molar-refractivity contribution in [1.82, 2.24) is 5.32 Å². The van der Waals surface area contributed by atoms with Crippen LogP contribution in [0.1, 0.15) is 4.88 Å². The lowest BCUT2D eigenvalue weighted by molar-refractivity contribution is -0.114. The molecule has 0 saturated heterocycles. The summed E-state index contributed by atoms with van der Waals surface area (Å²) < 4.78 is 0. The molecule has 22 heavy (non-hydrogen) atoms. The molecule has 1 aromatic carbocycles. The standard InChI is InChI=1S/C15H18N4OS.HI/c16-15(17-9-8-13-7-4-10-21-13)18-11-14(20)19-12-5-2-1-3-6-12;/h1-7,10H,8-9,11H2,(H,19,20)(H3,16,17,18);1H. The van der Waals surface area contributed by atoms with Gasteiger partial charge in [0.05, 0.1) is 0 Å². The van der Waals surface area contributed by atoms with E-state index in [2.05, 4.69) is 21.7 Å². The maximum atomic E-state index is 11.7. The van der Waals surface area contributed by atoms with Gasteiger partial charge in [-0.25, -0.2) is 4.99 Å². The van der Waals surface area contributed by atoms with Gasteiger partial charge in [-0.15, -0.1) is 35.3 Å². The van der Waals surface area contributed by atoms with Crippen LogP contribution in [0, 0.1) is 0 Å². The largest absolute Gasteiger partial charge is 0.370 e. The predicted octanol–water partition coefficient (Wildman–Crippen LogP) is 2.45. The molecule has 0 aliphatic carbocycles. The van der Waals surface area contributed by atoms with Gasteiger partial charge in [-0.1, -0.05) is 24.3 Å². The van der Waals surface area contributed by atoms with Gasteiger partial charge in [-0.3, -0.25) is 4.79 Å². The molecule has 0 unspecified atom stereocenters. The SMILES string of the molecule is I.NC(=NCC(=O)Nc1ccccc1)NCCc1cccs1. The normalized spacial score (nSPS) is 10.6. The number of rotatable bonds is 6.